The zero-order chi connectivity index (χ0) is 19.9. The smallest absolute Gasteiger partial charge is 0.280 e. The van der Waals surface area contributed by atoms with Crippen LogP contribution in [0.1, 0.15) is 42.7 Å². The molecule has 1 fully saturated rings. The SMILES string of the molecule is Cc1cc(C#N)ccc1-c1c[nH]n(-c2ccc(C(O)NC3(C)CC3)cn2)c1=O. The Morgan fingerprint density at radius 1 is 1.32 bits per heavy atom. The van der Waals surface area contributed by atoms with Crippen molar-refractivity contribution in [1.29, 1.82) is 5.26 Å². The minimum absolute atomic E-state index is 0.00232. The first-order chi connectivity index (χ1) is 13.4. The van der Waals surface area contributed by atoms with Gasteiger partial charge in [-0.15, -0.1) is 0 Å². The number of aliphatic hydroxyl groups is 1. The number of nitrogens with zero attached hydrogens (tertiary/aromatic N) is 3. The summed E-state index contributed by atoms with van der Waals surface area (Å²) in [5.41, 5.74) is 3.12. The second kappa shape index (κ2) is 6.75. The van der Waals surface area contributed by atoms with E-state index in [9.17, 15) is 9.90 Å². The van der Waals surface area contributed by atoms with Crippen molar-refractivity contribution >= 4 is 0 Å². The molecule has 0 saturated heterocycles. The average Bonchev–Trinajstić information content (AvgIpc) is 3.29. The number of aromatic nitrogens is 3. The summed E-state index contributed by atoms with van der Waals surface area (Å²) in [5.74, 6) is 0.441. The molecule has 1 unspecified atom stereocenters. The Balaban J connectivity index is 1.61. The van der Waals surface area contributed by atoms with Gasteiger partial charge in [-0.3, -0.25) is 15.2 Å². The summed E-state index contributed by atoms with van der Waals surface area (Å²) in [5, 5.41) is 25.4. The minimum atomic E-state index is -0.786. The van der Waals surface area contributed by atoms with E-state index < -0.39 is 6.23 Å². The second-order valence-electron chi connectivity index (χ2n) is 7.53. The first-order valence-corrected chi connectivity index (χ1v) is 9.14. The number of hydrogen-bond donors (Lipinski definition) is 3. The van der Waals surface area contributed by atoms with Crippen molar-refractivity contribution in [3.8, 4) is 23.0 Å². The molecule has 28 heavy (non-hydrogen) atoms. The Morgan fingerprint density at radius 2 is 2.11 bits per heavy atom. The molecule has 2 heterocycles. The summed E-state index contributed by atoms with van der Waals surface area (Å²) in [7, 11) is 0. The summed E-state index contributed by atoms with van der Waals surface area (Å²) in [6.45, 7) is 3.94. The zero-order valence-corrected chi connectivity index (χ0v) is 15.7. The Labute approximate surface area is 162 Å². The minimum Gasteiger partial charge on any atom is -0.374 e. The number of nitrogens with one attached hydrogen (secondary N) is 2. The Kier molecular flexibility index (Phi) is 4.38. The molecule has 0 aliphatic heterocycles. The fraction of sp³-hybridized carbons (Fsp3) is 0.286. The van der Waals surface area contributed by atoms with Gasteiger partial charge in [0.25, 0.3) is 5.56 Å². The number of H-pyrrole nitrogens is 1. The topological polar surface area (TPSA) is 107 Å². The molecule has 7 heteroatoms. The number of aryl methyl sites for hydroxylation is 1. The molecule has 1 aliphatic rings. The van der Waals surface area contributed by atoms with Crippen molar-refractivity contribution in [2.75, 3.05) is 0 Å². The van der Waals surface area contributed by atoms with Crippen molar-refractivity contribution < 1.29 is 5.11 Å². The van der Waals surface area contributed by atoms with Crippen LogP contribution in [0.5, 0.6) is 0 Å². The van der Waals surface area contributed by atoms with Crippen LogP contribution >= 0.6 is 0 Å². The van der Waals surface area contributed by atoms with Crippen LogP contribution in [-0.4, -0.2) is 25.4 Å². The molecule has 3 aromatic rings. The average molecular weight is 375 g/mol. The maximum atomic E-state index is 12.9. The summed E-state index contributed by atoms with van der Waals surface area (Å²) in [4.78, 5) is 17.2. The van der Waals surface area contributed by atoms with Crippen LogP contribution in [-0.2, 0) is 0 Å². The molecule has 2 aromatic heterocycles. The third kappa shape index (κ3) is 3.36. The van der Waals surface area contributed by atoms with E-state index in [-0.39, 0.29) is 11.1 Å². The van der Waals surface area contributed by atoms with Gasteiger partial charge in [0, 0.05) is 23.5 Å². The third-order valence-corrected chi connectivity index (χ3v) is 5.22. The predicted molar refractivity (Wildman–Crippen MR) is 105 cm³/mol. The van der Waals surface area contributed by atoms with E-state index in [2.05, 4.69) is 28.4 Å². The van der Waals surface area contributed by atoms with Crippen molar-refractivity contribution in [1.82, 2.24) is 20.1 Å². The number of nitriles is 1. The monoisotopic (exact) mass is 375 g/mol. The lowest BCUT2D eigenvalue weighted by molar-refractivity contribution is 0.121. The molecule has 1 aromatic carbocycles. The van der Waals surface area contributed by atoms with Gasteiger partial charge in [0.2, 0.25) is 0 Å². The van der Waals surface area contributed by atoms with Crippen LogP contribution in [0.2, 0.25) is 0 Å². The number of aliphatic hydroxyl groups excluding tert-OH is 1. The van der Waals surface area contributed by atoms with E-state index in [0.717, 1.165) is 24.0 Å². The lowest BCUT2D eigenvalue weighted by atomic mass is 10.0. The summed E-state index contributed by atoms with van der Waals surface area (Å²) < 4.78 is 1.36. The fourth-order valence-electron chi connectivity index (χ4n) is 3.21. The molecule has 142 valence electrons. The Bertz CT molecular complexity index is 1120. The third-order valence-electron chi connectivity index (χ3n) is 5.22. The first-order valence-electron chi connectivity index (χ1n) is 9.14. The number of aromatic amines is 1. The molecule has 3 N–H and O–H groups in total. The quantitative estimate of drug-likeness (QED) is 0.594. The van der Waals surface area contributed by atoms with Gasteiger partial charge in [-0.25, -0.2) is 9.67 Å². The molecule has 0 bridgehead atoms. The van der Waals surface area contributed by atoms with Crippen LogP contribution in [0.3, 0.4) is 0 Å². The molecule has 1 atom stereocenters. The molecule has 0 spiro atoms. The van der Waals surface area contributed by atoms with Crippen LogP contribution < -0.4 is 10.9 Å². The lowest BCUT2D eigenvalue weighted by Crippen LogP contribution is -2.32. The Hall–Kier alpha value is -3.21. The highest BCUT2D eigenvalue weighted by Crippen LogP contribution is 2.36. The highest BCUT2D eigenvalue weighted by atomic mass is 16.3. The van der Waals surface area contributed by atoms with Gasteiger partial charge in [0.05, 0.1) is 17.2 Å². The Morgan fingerprint density at radius 3 is 2.71 bits per heavy atom. The van der Waals surface area contributed by atoms with Gasteiger partial charge >= 0.3 is 0 Å². The van der Waals surface area contributed by atoms with Gasteiger partial charge in [-0.1, -0.05) is 6.07 Å². The van der Waals surface area contributed by atoms with Crippen LogP contribution in [0, 0.1) is 18.3 Å². The molecule has 0 radical (unpaired) electrons. The molecule has 1 saturated carbocycles. The molecular formula is C21H21N5O2. The number of hydrogen-bond acceptors (Lipinski definition) is 5. The first kappa shape index (κ1) is 18.2. The molecule has 4 rings (SSSR count). The van der Waals surface area contributed by atoms with E-state index in [1.165, 1.54) is 4.68 Å². The van der Waals surface area contributed by atoms with Crippen molar-refractivity contribution in [3.63, 3.8) is 0 Å². The largest absolute Gasteiger partial charge is 0.374 e. The summed E-state index contributed by atoms with van der Waals surface area (Å²) in [6.07, 6.45) is 4.51. The van der Waals surface area contributed by atoms with Gasteiger partial charge in [0.1, 0.15) is 6.23 Å². The number of rotatable bonds is 5. The van der Waals surface area contributed by atoms with E-state index in [4.69, 9.17) is 5.26 Å². The molecule has 7 nitrogen and oxygen atoms in total. The van der Waals surface area contributed by atoms with Gasteiger partial charge in [-0.2, -0.15) is 5.26 Å². The lowest BCUT2D eigenvalue weighted by Gasteiger charge is -2.18. The highest BCUT2D eigenvalue weighted by molar-refractivity contribution is 5.67. The van der Waals surface area contributed by atoms with Crippen molar-refractivity contribution in [2.24, 2.45) is 0 Å². The van der Waals surface area contributed by atoms with E-state index in [1.807, 2.05) is 6.92 Å². The highest BCUT2D eigenvalue weighted by Gasteiger charge is 2.38. The number of pyridine rings is 1. The summed E-state index contributed by atoms with van der Waals surface area (Å²) >= 11 is 0. The predicted octanol–water partition coefficient (Wildman–Crippen LogP) is 2.54. The van der Waals surface area contributed by atoms with E-state index in [1.54, 1.807) is 42.7 Å². The normalized spacial score (nSPS) is 15.8. The molecule has 1 aliphatic carbocycles. The van der Waals surface area contributed by atoms with Crippen molar-refractivity contribution in [3.05, 3.63) is 69.8 Å². The van der Waals surface area contributed by atoms with Crippen LogP contribution in [0.15, 0.2) is 47.5 Å². The van der Waals surface area contributed by atoms with E-state index >= 15 is 0 Å². The zero-order valence-electron chi connectivity index (χ0n) is 15.7. The summed E-state index contributed by atoms with van der Waals surface area (Å²) in [6, 6.07) is 10.8. The maximum absolute atomic E-state index is 12.9. The second-order valence-corrected chi connectivity index (χ2v) is 7.53. The maximum Gasteiger partial charge on any atom is 0.280 e. The van der Waals surface area contributed by atoms with Crippen molar-refractivity contribution in [2.45, 2.75) is 38.5 Å². The van der Waals surface area contributed by atoms with Gasteiger partial charge < -0.3 is 5.11 Å². The van der Waals surface area contributed by atoms with Crippen LogP contribution in [0.4, 0.5) is 0 Å². The van der Waals surface area contributed by atoms with Gasteiger partial charge in [0.15, 0.2) is 5.82 Å². The molecule has 0 amide bonds. The van der Waals surface area contributed by atoms with Gasteiger partial charge in [-0.05, 0) is 62.1 Å². The fourth-order valence-corrected chi connectivity index (χ4v) is 3.21. The standard InChI is InChI=1S/C21H21N5O2/c1-13-9-14(10-22)3-5-16(13)17-12-24-26(20(17)28)18-6-4-15(11-23-18)19(27)25-21(2)7-8-21/h3-6,9,11-12,19,24-25,27H,7-8H2,1-2H3. The van der Waals surface area contributed by atoms with E-state index in [0.29, 0.717) is 22.5 Å². The molecular weight excluding hydrogens is 354 g/mol. The van der Waals surface area contributed by atoms with Crippen LogP contribution in [0.25, 0.3) is 16.9 Å². The number of benzene rings is 1.